The summed E-state index contributed by atoms with van der Waals surface area (Å²) in [6.45, 7) is 3.55. The van der Waals surface area contributed by atoms with Crippen molar-refractivity contribution in [3.8, 4) is 0 Å². The monoisotopic (exact) mass is 201 g/mol. The third-order valence-corrected chi connectivity index (χ3v) is 2.49. The molecule has 4 nitrogen and oxygen atoms in total. The third kappa shape index (κ3) is 5.19. The number of nitrogens with one attached hydrogen (secondary N) is 1. The lowest BCUT2D eigenvalue weighted by molar-refractivity contribution is -0.137. The van der Waals surface area contributed by atoms with E-state index in [2.05, 4.69) is 5.32 Å². The van der Waals surface area contributed by atoms with E-state index in [4.69, 9.17) is 9.84 Å². The fourth-order valence-corrected chi connectivity index (χ4v) is 1.62. The Morgan fingerprint density at radius 1 is 1.43 bits per heavy atom. The van der Waals surface area contributed by atoms with Gasteiger partial charge >= 0.3 is 5.97 Å². The Kier molecular flexibility index (Phi) is 5.56. The number of carboxylic acids is 1. The summed E-state index contributed by atoms with van der Waals surface area (Å²) in [5, 5.41) is 11.7. The van der Waals surface area contributed by atoms with Crippen molar-refractivity contribution >= 4 is 5.97 Å². The molecule has 0 aliphatic carbocycles. The molecule has 0 spiro atoms. The molecule has 0 bridgehead atoms. The third-order valence-electron chi connectivity index (χ3n) is 2.49. The predicted molar refractivity (Wildman–Crippen MR) is 53.3 cm³/mol. The fourth-order valence-electron chi connectivity index (χ4n) is 1.62. The van der Waals surface area contributed by atoms with Crippen molar-refractivity contribution in [3.05, 3.63) is 0 Å². The summed E-state index contributed by atoms with van der Waals surface area (Å²) >= 11 is 0. The smallest absolute Gasteiger partial charge is 0.303 e. The van der Waals surface area contributed by atoms with Crippen LogP contribution in [0.1, 0.15) is 25.7 Å². The summed E-state index contributed by atoms with van der Waals surface area (Å²) in [4.78, 5) is 10.2. The summed E-state index contributed by atoms with van der Waals surface area (Å²) in [5.74, 6) is -0.0726. The highest BCUT2D eigenvalue weighted by molar-refractivity contribution is 5.66. The Morgan fingerprint density at radius 3 is 2.79 bits per heavy atom. The van der Waals surface area contributed by atoms with E-state index in [9.17, 15) is 4.79 Å². The molecule has 0 atom stereocenters. The van der Waals surface area contributed by atoms with Gasteiger partial charge in [0.1, 0.15) is 0 Å². The second-order valence-corrected chi connectivity index (χ2v) is 3.77. The zero-order chi connectivity index (χ0) is 10.2. The van der Waals surface area contributed by atoms with Gasteiger partial charge in [0.25, 0.3) is 0 Å². The molecule has 1 aliphatic heterocycles. The van der Waals surface area contributed by atoms with Crippen LogP contribution < -0.4 is 5.32 Å². The minimum Gasteiger partial charge on any atom is -0.481 e. The molecule has 0 aromatic carbocycles. The molecule has 1 saturated heterocycles. The number of hydrogen-bond donors (Lipinski definition) is 2. The average Bonchev–Trinajstić information content (AvgIpc) is 2.18. The minimum atomic E-state index is -0.740. The SMILES string of the molecule is O=C(O)CCCOCC1CCNCC1. The van der Waals surface area contributed by atoms with Gasteiger partial charge in [-0.05, 0) is 38.3 Å². The van der Waals surface area contributed by atoms with Crippen molar-refractivity contribution in [2.45, 2.75) is 25.7 Å². The highest BCUT2D eigenvalue weighted by Crippen LogP contribution is 2.11. The van der Waals surface area contributed by atoms with Gasteiger partial charge in [-0.2, -0.15) is 0 Å². The first-order valence-electron chi connectivity index (χ1n) is 5.29. The normalized spacial score (nSPS) is 18.3. The number of hydrogen-bond acceptors (Lipinski definition) is 3. The Labute approximate surface area is 84.6 Å². The number of carboxylic acid groups (broad SMARTS) is 1. The summed E-state index contributed by atoms with van der Waals surface area (Å²) in [6, 6.07) is 0. The Bertz CT molecular complexity index is 167. The summed E-state index contributed by atoms with van der Waals surface area (Å²) < 4.78 is 5.43. The van der Waals surface area contributed by atoms with Crippen LogP contribution in [0, 0.1) is 5.92 Å². The van der Waals surface area contributed by atoms with Crippen LogP contribution in [0.3, 0.4) is 0 Å². The number of rotatable bonds is 6. The molecule has 4 heteroatoms. The maximum Gasteiger partial charge on any atom is 0.303 e. The first-order chi connectivity index (χ1) is 6.79. The average molecular weight is 201 g/mol. The Balaban J connectivity index is 1.90. The lowest BCUT2D eigenvalue weighted by Crippen LogP contribution is -2.30. The maximum atomic E-state index is 10.2. The number of carbonyl (C=O) groups is 1. The van der Waals surface area contributed by atoms with Gasteiger partial charge in [-0.3, -0.25) is 4.79 Å². The van der Waals surface area contributed by atoms with Crippen LogP contribution in [0.15, 0.2) is 0 Å². The molecule has 82 valence electrons. The second-order valence-electron chi connectivity index (χ2n) is 3.77. The van der Waals surface area contributed by atoms with Gasteiger partial charge in [0.05, 0.1) is 0 Å². The molecule has 0 saturated carbocycles. The summed E-state index contributed by atoms with van der Waals surface area (Å²) in [6.07, 6.45) is 3.20. The van der Waals surface area contributed by atoms with Crippen molar-refractivity contribution < 1.29 is 14.6 Å². The first-order valence-corrected chi connectivity index (χ1v) is 5.29. The van der Waals surface area contributed by atoms with Gasteiger partial charge in [0, 0.05) is 19.6 Å². The van der Waals surface area contributed by atoms with Gasteiger partial charge in [-0.15, -0.1) is 0 Å². The van der Waals surface area contributed by atoms with E-state index < -0.39 is 5.97 Å². The lowest BCUT2D eigenvalue weighted by atomic mass is 9.99. The van der Waals surface area contributed by atoms with Gasteiger partial charge in [-0.25, -0.2) is 0 Å². The summed E-state index contributed by atoms with van der Waals surface area (Å²) in [5.41, 5.74) is 0. The van der Waals surface area contributed by atoms with Crippen molar-refractivity contribution in [3.63, 3.8) is 0 Å². The van der Waals surface area contributed by atoms with Crippen molar-refractivity contribution in [2.75, 3.05) is 26.3 Å². The van der Waals surface area contributed by atoms with Crippen LogP contribution in [-0.2, 0) is 9.53 Å². The Morgan fingerprint density at radius 2 is 2.14 bits per heavy atom. The van der Waals surface area contributed by atoms with Crippen molar-refractivity contribution in [1.29, 1.82) is 0 Å². The van der Waals surface area contributed by atoms with E-state index in [-0.39, 0.29) is 6.42 Å². The quantitative estimate of drug-likeness (QED) is 0.626. The van der Waals surface area contributed by atoms with Crippen LogP contribution in [0.2, 0.25) is 0 Å². The molecule has 0 amide bonds. The lowest BCUT2D eigenvalue weighted by Gasteiger charge is -2.22. The van der Waals surface area contributed by atoms with Gasteiger partial charge in [-0.1, -0.05) is 0 Å². The molecule has 1 fully saturated rings. The number of ether oxygens (including phenoxy) is 1. The maximum absolute atomic E-state index is 10.2. The molecule has 14 heavy (non-hydrogen) atoms. The van der Waals surface area contributed by atoms with Crippen LogP contribution in [0.5, 0.6) is 0 Å². The van der Waals surface area contributed by atoms with E-state index in [1.165, 1.54) is 12.8 Å². The molecule has 2 N–H and O–H groups in total. The van der Waals surface area contributed by atoms with Crippen molar-refractivity contribution in [1.82, 2.24) is 5.32 Å². The van der Waals surface area contributed by atoms with Crippen LogP contribution in [0.4, 0.5) is 0 Å². The second kappa shape index (κ2) is 6.79. The number of piperidine rings is 1. The largest absolute Gasteiger partial charge is 0.481 e. The van der Waals surface area contributed by atoms with Crippen LogP contribution in [0.25, 0.3) is 0 Å². The Hall–Kier alpha value is -0.610. The minimum absolute atomic E-state index is 0.215. The molecule has 0 unspecified atom stereocenters. The molecule has 0 aromatic rings. The van der Waals surface area contributed by atoms with Gasteiger partial charge < -0.3 is 15.2 Å². The molecule has 1 heterocycles. The van der Waals surface area contributed by atoms with Gasteiger partial charge in [0.15, 0.2) is 0 Å². The van der Waals surface area contributed by atoms with Gasteiger partial charge in [0.2, 0.25) is 0 Å². The highest BCUT2D eigenvalue weighted by atomic mass is 16.5. The molecule has 0 aromatic heterocycles. The van der Waals surface area contributed by atoms with E-state index in [0.29, 0.717) is 18.9 Å². The van der Waals surface area contributed by atoms with E-state index in [1.54, 1.807) is 0 Å². The molecular weight excluding hydrogens is 182 g/mol. The van der Waals surface area contributed by atoms with Crippen LogP contribution in [-0.4, -0.2) is 37.4 Å². The summed E-state index contributed by atoms with van der Waals surface area (Å²) in [7, 11) is 0. The van der Waals surface area contributed by atoms with Crippen molar-refractivity contribution in [2.24, 2.45) is 5.92 Å². The zero-order valence-electron chi connectivity index (χ0n) is 8.50. The topological polar surface area (TPSA) is 58.6 Å². The highest BCUT2D eigenvalue weighted by Gasteiger charge is 2.12. The predicted octanol–water partition coefficient (Wildman–Crippen LogP) is 0.867. The molecule has 1 aliphatic rings. The van der Waals surface area contributed by atoms with Crippen LogP contribution >= 0.6 is 0 Å². The van der Waals surface area contributed by atoms with E-state index in [1.807, 2.05) is 0 Å². The molecular formula is C10H19NO3. The number of aliphatic carboxylic acids is 1. The zero-order valence-corrected chi connectivity index (χ0v) is 8.50. The van der Waals surface area contributed by atoms with E-state index >= 15 is 0 Å². The van der Waals surface area contributed by atoms with E-state index in [0.717, 1.165) is 19.7 Å². The standard InChI is InChI=1S/C10H19NO3/c12-10(13)2-1-7-14-8-9-3-5-11-6-4-9/h9,11H,1-8H2,(H,12,13). The molecule has 0 radical (unpaired) electrons. The molecule has 1 rings (SSSR count). The first kappa shape index (κ1) is 11.5. The fraction of sp³-hybridized carbons (Fsp3) is 0.900.